The molecule has 2 bridgehead atoms. The number of esters is 1. The van der Waals surface area contributed by atoms with Crippen molar-refractivity contribution in [2.45, 2.75) is 18.6 Å². The van der Waals surface area contributed by atoms with Crippen LogP contribution in [0.3, 0.4) is 0 Å². The molecule has 0 radical (unpaired) electrons. The van der Waals surface area contributed by atoms with Gasteiger partial charge in [0.15, 0.2) is 0 Å². The lowest BCUT2D eigenvalue weighted by molar-refractivity contribution is -0.150. The third kappa shape index (κ3) is 2.01. The lowest BCUT2D eigenvalue weighted by Gasteiger charge is -2.28. The summed E-state index contributed by atoms with van der Waals surface area (Å²) in [7, 11) is 0. The molecule has 4 atom stereocenters. The van der Waals surface area contributed by atoms with E-state index in [0.29, 0.717) is 10.2 Å². The number of para-hydroxylation sites is 1. The van der Waals surface area contributed by atoms with Crippen molar-refractivity contribution in [3.63, 3.8) is 0 Å². The summed E-state index contributed by atoms with van der Waals surface area (Å²) in [6, 6.07) is 7.08. The monoisotopic (exact) mass is 391 g/mol. The van der Waals surface area contributed by atoms with Gasteiger partial charge in [0, 0.05) is 11.4 Å². The van der Waals surface area contributed by atoms with E-state index in [1.54, 1.807) is 30.4 Å². The number of halogens is 1. The molecule has 1 aromatic rings. The molecule has 1 aromatic carbocycles. The van der Waals surface area contributed by atoms with Crippen LogP contribution >= 0.6 is 15.9 Å². The molecular formula is C17H14BrNO5. The average Bonchev–Trinajstić information content (AvgIpc) is 3.18. The Bertz CT molecular complexity index is 791. The predicted octanol–water partition coefficient (Wildman–Crippen LogP) is 1.83. The Morgan fingerprint density at radius 3 is 2.79 bits per heavy atom. The first-order valence-electron chi connectivity index (χ1n) is 7.57. The Labute approximate surface area is 146 Å². The van der Waals surface area contributed by atoms with Crippen molar-refractivity contribution in [3.8, 4) is 0 Å². The summed E-state index contributed by atoms with van der Waals surface area (Å²) < 4.78 is 11.6. The molecule has 0 N–H and O–H groups in total. The van der Waals surface area contributed by atoms with Crippen LogP contribution in [0.2, 0.25) is 0 Å². The molecule has 2 saturated heterocycles. The van der Waals surface area contributed by atoms with E-state index in [1.165, 1.54) is 11.8 Å². The van der Waals surface area contributed by atoms with E-state index in [4.69, 9.17) is 9.47 Å². The topological polar surface area (TPSA) is 72.9 Å². The zero-order valence-electron chi connectivity index (χ0n) is 12.8. The summed E-state index contributed by atoms with van der Waals surface area (Å²) in [5.74, 6) is -2.31. The Kier molecular flexibility index (Phi) is 3.40. The number of ether oxygens (including phenoxy) is 2. The molecule has 2 fully saturated rings. The van der Waals surface area contributed by atoms with E-state index in [1.807, 2.05) is 6.07 Å². The first-order chi connectivity index (χ1) is 11.4. The van der Waals surface area contributed by atoms with Crippen LogP contribution in [0, 0.1) is 11.8 Å². The van der Waals surface area contributed by atoms with E-state index < -0.39 is 29.5 Å². The minimum atomic E-state index is -1.05. The number of amides is 2. The van der Waals surface area contributed by atoms with Crippen LogP contribution in [0.1, 0.15) is 6.92 Å². The zero-order valence-corrected chi connectivity index (χ0v) is 14.4. The van der Waals surface area contributed by atoms with Crippen LogP contribution in [0.4, 0.5) is 5.69 Å². The second-order valence-electron chi connectivity index (χ2n) is 6.14. The second kappa shape index (κ2) is 5.26. The molecule has 0 aromatic heterocycles. The predicted molar refractivity (Wildman–Crippen MR) is 87.0 cm³/mol. The fourth-order valence-corrected chi connectivity index (χ4v) is 4.21. The van der Waals surface area contributed by atoms with Crippen molar-refractivity contribution in [1.29, 1.82) is 0 Å². The molecule has 6 nitrogen and oxygen atoms in total. The Balaban J connectivity index is 1.72. The fraction of sp³-hybridized carbons (Fsp3) is 0.353. The van der Waals surface area contributed by atoms with E-state index in [0.717, 1.165) is 0 Å². The van der Waals surface area contributed by atoms with Gasteiger partial charge in [-0.2, -0.15) is 0 Å². The van der Waals surface area contributed by atoms with Crippen LogP contribution in [0.25, 0.3) is 0 Å². The van der Waals surface area contributed by atoms with Gasteiger partial charge in [0.25, 0.3) is 0 Å². The minimum Gasteiger partial charge on any atom is -0.462 e. The summed E-state index contributed by atoms with van der Waals surface area (Å²) >= 11 is 3.39. The van der Waals surface area contributed by atoms with Crippen LogP contribution in [-0.2, 0) is 23.9 Å². The molecule has 3 heterocycles. The van der Waals surface area contributed by atoms with E-state index in [9.17, 15) is 14.4 Å². The molecule has 0 aliphatic carbocycles. The largest absolute Gasteiger partial charge is 0.462 e. The highest BCUT2D eigenvalue weighted by Crippen LogP contribution is 2.53. The molecule has 2 amide bonds. The molecule has 24 heavy (non-hydrogen) atoms. The van der Waals surface area contributed by atoms with Gasteiger partial charge < -0.3 is 9.47 Å². The minimum absolute atomic E-state index is 0.0701. The normalized spacial score (nSPS) is 33.2. The molecule has 4 rings (SSSR count). The number of anilines is 1. The number of carbonyl (C=O) groups is 3. The standard InChI is InChI=1S/C17H14BrNO5/c1-9(20)23-8-17-7-6-12(24-17)13-14(17)16(22)19(15(13)21)11-5-3-2-4-10(11)18/h2-7,12-14H,8H2,1H3/t12-,13+,14+,17-/m1/s1. The molecule has 124 valence electrons. The summed E-state index contributed by atoms with van der Waals surface area (Å²) in [6.07, 6.45) is 3.06. The van der Waals surface area contributed by atoms with Crippen LogP contribution in [-0.4, -0.2) is 36.1 Å². The molecule has 0 unspecified atom stereocenters. The number of imide groups is 1. The summed E-state index contributed by atoms with van der Waals surface area (Å²) in [4.78, 5) is 38.3. The number of benzene rings is 1. The number of carbonyl (C=O) groups excluding carboxylic acids is 3. The first-order valence-corrected chi connectivity index (χ1v) is 8.37. The van der Waals surface area contributed by atoms with Gasteiger partial charge >= 0.3 is 5.97 Å². The van der Waals surface area contributed by atoms with Gasteiger partial charge in [-0.1, -0.05) is 18.2 Å². The SMILES string of the molecule is CC(=O)OC[C@@]12C=C[C@@H](O1)[C@@H]1C(=O)N(c3ccccc3Br)C(=O)[C@H]12. The van der Waals surface area contributed by atoms with Crippen molar-refractivity contribution in [1.82, 2.24) is 0 Å². The highest BCUT2D eigenvalue weighted by molar-refractivity contribution is 9.10. The maximum atomic E-state index is 13.0. The average molecular weight is 392 g/mol. The highest BCUT2D eigenvalue weighted by atomic mass is 79.9. The highest BCUT2D eigenvalue weighted by Gasteiger charge is 2.68. The van der Waals surface area contributed by atoms with Gasteiger partial charge in [-0.25, -0.2) is 4.90 Å². The Morgan fingerprint density at radius 1 is 1.33 bits per heavy atom. The lowest BCUT2D eigenvalue weighted by Crippen LogP contribution is -2.44. The van der Waals surface area contributed by atoms with E-state index in [2.05, 4.69) is 15.9 Å². The fourth-order valence-electron chi connectivity index (χ4n) is 3.75. The maximum Gasteiger partial charge on any atom is 0.302 e. The molecule has 0 spiro atoms. The van der Waals surface area contributed by atoms with Gasteiger partial charge in [0.1, 0.15) is 12.2 Å². The lowest BCUT2D eigenvalue weighted by atomic mass is 9.77. The number of fused-ring (bicyclic) bond motifs is 5. The third-order valence-corrected chi connectivity index (χ3v) is 5.42. The van der Waals surface area contributed by atoms with Crippen LogP contribution < -0.4 is 4.90 Å². The smallest absolute Gasteiger partial charge is 0.302 e. The van der Waals surface area contributed by atoms with Crippen LogP contribution in [0.5, 0.6) is 0 Å². The third-order valence-electron chi connectivity index (χ3n) is 4.75. The zero-order chi connectivity index (χ0) is 17.1. The van der Waals surface area contributed by atoms with Gasteiger partial charge in [0.05, 0.1) is 23.6 Å². The Hall–Kier alpha value is -1.99. The molecule has 0 saturated carbocycles. The van der Waals surface area contributed by atoms with Crippen molar-refractivity contribution < 1.29 is 23.9 Å². The Morgan fingerprint density at radius 2 is 2.08 bits per heavy atom. The van der Waals surface area contributed by atoms with Crippen LogP contribution in [0.15, 0.2) is 40.9 Å². The molecule has 7 heteroatoms. The summed E-state index contributed by atoms with van der Waals surface area (Å²) in [5, 5.41) is 0. The number of rotatable bonds is 3. The summed E-state index contributed by atoms with van der Waals surface area (Å²) in [6.45, 7) is 1.23. The van der Waals surface area contributed by atoms with Crippen molar-refractivity contribution in [2.24, 2.45) is 11.8 Å². The quantitative estimate of drug-likeness (QED) is 0.446. The molecular weight excluding hydrogens is 378 g/mol. The summed E-state index contributed by atoms with van der Waals surface area (Å²) in [5.41, 5.74) is -0.534. The first kappa shape index (κ1) is 15.5. The van der Waals surface area contributed by atoms with Gasteiger partial charge in [-0.15, -0.1) is 0 Å². The number of hydrogen-bond donors (Lipinski definition) is 0. The van der Waals surface area contributed by atoms with Crippen molar-refractivity contribution in [2.75, 3.05) is 11.5 Å². The van der Waals surface area contributed by atoms with Gasteiger partial charge in [0.2, 0.25) is 11.8 Å². The van der Waals surface area contributed by atoms with Crippen molar-refractivity contribution in [3.05, 3.63) is 40.9 Å². The second-order valence-corrected chi connectivity index (χ2v) is 7.00. The maximum absolute atomic E-state index is 13.0. The van der Waals surface area contributed by atoms with Crippen molar-refractivity contribution >= 4 is 39.4 Å². The van der Waals surface area contributed by atoms with Gasteiger partial charge in [-0.05, 0) is 34.1 Å². The molecule has 3 aliphatic rings. The number of hydrogen-bond acceptors (Lipinski definition) is 5. The number of nitrogens with zero attached hydrogens (tertiary/aromatic N) is 1. The molecule has 3 aliphatic heterocycles. The van der Waals surface area contributed by atoms with Gasteiger partial charge in [-0.3, -0.25) is 14.4 Å². The van der Waals surface area contributed by atoms with E-state index >= 15 is 0 Å². The van der Waals surface area contributed by atoms with E-state index in [-0.39, 0.29) is 18.4 Å².